The lowest BCUT2D eigenvalue weighted by Crippen LogP contribution is -2.63. The number of rotatable bonds is 22. The molecule has 0 bridgehead atoms. The third kappa shape index (κ3) is 10.9. The molecule has 0 amide bonds. The normalized spacial score (nSPS) is 27.4. The molecule has 0 aromatic heterocycles. The van der Waals surface area contributed by atoms with Crippen LogP contribution in [0.25, 0.3) is 0 Å². The minimum absolute atomic E-state index is 0.00337. The third-order valence-electron chi connectivity index (χ3n) is 13.1. The Balaban J connectivity index is 1.23. The minimum Gasteiger partial charge on any atom is -0.493 e. The van der Waals surface area contributed by atoms with Crippen LogP contribution in [0.4, 0.5) is 4.79 Å². The third-order valence-corrected chi connectivity index (χ3v) is 13.1. The molecule has 0 heterocycles. The molecule has 3 unspecified atom stereocenters. The lowest BCUT2D eigenvalue weighted by Gasteiger charge is -2.60. The van der Waals surface area contributed by atoms with E-state index in [4.69, 9.17) is 23.7 Å². The summed E-state index contributed by atoms with van der Waals surface area (Å²) < 4.78 is 27.2. The van der Waals surface area contributed by atoms with Gasteiger partial charge >= 0.3 is 18.1 Å². The largest absolute Gasteiger partial charge is 0.514 e. The quantitative estimate of drug-likeness (QED) is 0.0413. The van der Waals surface area contributed by atoms with Gasteiger partial charge in [-0.1, -0.05) is 19.4 Å². The summed E-state index contributed by atoms with van der Waals surface area (Å²) >= 11 is 0. The van der Waals surface area contributed by atoms with E-state index in [0.717, 1.165) is 5.57 Å². The highest BCUT2D eigenvalue weighted by Gasteiger charge is 2.70. The van der Waals surface area contributed by atoms with Gasteiger partial charge in [-0.2, -0.15) is 0 Å². The highest BCUT2D eigenvalue weighted by Crippen LogP contribution is 2.68. The number of hydrogen-bond donors (Lipinski definition) is 1. The number of esters is 2. The van der Waals surface area contributed by atoms with Crippen LogP contribution in [0.1, 0.15) is 101 Å². The molecule has 3 saturated carbocycles. The van der Waals surface area contributed by atoms with Gasteiger partial charge in [-0.05, 0) is 112 Å². The predicted octanol–water partition coefficient (Wildman–Crippen LogP) is 4.67. The Bertz CT molecular complexity index is 1970. The first-order valence-electron chi connectivity index (χ1n) is 20.6. The van der Waals surface area contributed by atoms with Gasteiger partial charge < -0.3 is 43.3 Å². The Kier molecular flexibility index (Phi) is 15.5. The van der Waals surface area contributed by atoms with Crippen LogP contribution in [0.2, 0.25) is 0 Å². The van der Waals surface area contributed by atoms with Crippen LogP contribution in [-0.2, 0) is 43.1 Å². The minimum atomic E-state index is -1.86. The number of Topliss-reactive ketones (excluding diaryl/α,β-unsaturated/α-hetero) is 1. The molecule has 5 rings (SSSR count). The van der Waals surface area contributed by atoms with Gasteiger partial charge in [-0.3, -0.25) is 14.4 Å². The number of unbranched alkanes of at least 4 members (excludes halogenated alkanes) is 1. The molecule has 63 heavy (non-hydrogen) atoms. The van der Waals surface area contributed by atoms with Crippen molar-refractivity contribution in [3.05, 3.63) is 65.8 Å². The molecule has 0 spiro atoms. The summed E-state index contributed by atoms with van der Waals surface area (Å²) in [6.07, 6.45) is 1.04. The topological polar surface area (TPSA) is 309 Å². The van der Waals surface area contributed by atoms with Gasteiger partial charge in [0.15, 0.2) is 29.5 Å². The highest BCUT2D eigenvalue weighted by atomic mass is 17.0. The van der Waals surface area contributed by atoms with E-state index in [0.29, 0.717) is 32.1 Å². The van der Waals surface area contributed by atoms with Crippen molar-refractivity contribution in [3.8, 4) is 11.5 Å². The maximum absolute atomic E-state index is 14.4. The number of ketones is 2. The van der Waals surface area contributed by atoms with E-state index in [-0.39, 0.29) is 98.8 Å². The zero-order valence-corrected chi connectivity index (χ0v) is 35.1. The highest BCUT2D eigenvalue weighted by molar-refractivity contribution is 5.94. The van der Waals surface area contributed by atoms with E-state index in [2.05, 4.69) is 21.4 Å². The number of fused-ring (bicyclic) bond motifs is 5. The zero-order chi connectivity index (χ0) is 46.1. The van der Waals surface area contributed by atoms with E-state index in [1.54, 1.807) is 13.0 Å². The molecular formula is C40H51N3O20. The van der Waals surface area contributed by atoms with Crippen molar-refractivity contribution in [3.63, 3.8) is 0 Å². The second-order valence-corrected chi connectivity index (χ2v) is 16.6. The molecular weight excluding hydrogens is 842 g/mol. The van der Waals surface area contributed by atoms with Crippen molar-refractivity contribution in [1.29, 1.82) is 0 Å². The molecule has 8 atom stereocenters. The molecule has 0 aliphatic heterocycles. The number of nitrogens with zero attached hydrogens (tertiary/aromatic N) is 3. The number of aliphatic hydroxyl groups is 1. The van der Waals surface area contributed by atoms with Gasteiger partial charge in [0.2, 0.25) is 5.78 Å². The fourth-order valence-corrected chi connectivity index (χ4v) is 10.4. The Morgan fingerprint density at radius 1 is 0.905 bits per heavy atom. The van der Waals surface area contributed by atoms with Crippen molar-refractivity contribution in [1.82, 2.24) is 0 Å². The van der Waals surface area contributed by atoms with Crippen molar-refractivity contribution >= 4 is 29.7 Å². The van der Waals surface area contributed by atoms with E-state index in [9.17, 15) is 59.4 Å². The first kappa shape index (κ1) is 47.9. The molecule has 1 aromatic carbocycles. The molecule has 0 saturated heterocycles. The van der Waals surface area contributed by atoms with E-state index in [1.807, 2.05) is 0 Å². The van der Waals surface area contributed by atoms with Crippen LogP contribution in [0.5, 0.6) is 11.5 Å². The van der Waals surface area contributed by atoms with Crippen LogP contribution in [0, 0.1) is 58.9 Å². The molecule has 1 N–H and O–H groups in total. The van der Waals surface area contributed by atoms with Gasteiger partial charge in [0.1, 0.15) is 12.7 Å². The molecule has 4 aliphatic rings. The van der Waals surface area contributed by atoms with Gasteiger partial charge in [0.25, 0.3) is 15.3 Å². The van der Waals surface area contributed by atoms with Gasteiger partial charge in [-0.15, -0.1) is 30.3 Å². The second-order valence-electron chi connectivity index (χ2n) is 16.6. The summed E-state index contributed by atoms with van der Waals surface area (Å²) in [4.78, 5) is 111. The summed E-state index contributed by atoms with van der Waals surface area (Å²) in [6, 6.07) is 3.69. The van der Waals surface area contributed by atoms with Crippen LogP contribution in [0.3, 0.4) is 0 Å². The van der Waals surface area contributed by atoms with E-state index in [1.165, 1.54) is 25.3 Å². The number of aliphatic hydroxyl groups excluding tert-OH is 1. The van der Waals surface area contributed by atoms with Crippen LogP contribution < -0.4 is 9.47 Å². The SMILES string of the molecule is COc1cc(C(=O)OCCCCC(CO[N+](=O)[O-])O[N+](=O)[O-])ccc1OC(=O)OCC(=O)[C@@]1(OC(=O)CCCO[N+](=O)[O-])CCC2C3CCC4=CC(=O)CC[C@]4(C)[C@H]3[C@@H](O)C[C@@]21C. The fourth-order valence-electron chi connectivity index (χ4n) is 10.4. The Hall–Kier alpha value is -6.13. The van der Waals surface area contributed by atoms with Crippen LogP contribution >= 0.6 is 0 Å². The smallest absolute Gasteiger partial charge is 0.493 e. The van der Waals surface area contributed by atoms with Crippen molar-refractivity contribution in [2.45, 2.75) is 109 Å². The summed E-state index contributed by atoms with van der Waals surface area (Å²) in [5.74, 6) is -3.13. The van der Waals surface area contributed by atoms with Gasteiger partial charge in [0.05, 0.1) is 32.0 Å². The lowest BCUT2D eigenvalue weighted by atomic mass is 9.45. The fraction of sp³-hybridized carbons (Fsp3) is 0.675. The molecule has 23 nitrogen and oxygen atoms in total. The van der Waals surface area contributed by atoms with Gasteiger partial charge in [-0.25, -0.2) is 9.59 Å². The summed E-state index contributed by atoms with van der Waals surface area (Å²) in [5.41, 5.74) is -2.42. The first-order chi connectivity index (χ1) is 29.8. The average Bonchev–Trinajstić information content (AvgIpc) is 3.51. The van der Waals surface area contributed by atoms with Crippen molar-refractivity contribution in [2.75, 3.05) is 33.5 Å². The zero-order valence-electron chi connectivity index (χ0n) is 35.1. The summed E-state index contributed by atoms with van der Waals surface area (Å²) in [7, 11) is 1.23. The molecule has 4 aliphatic carbocycles. The maximum atomic E-state index is 14.4. The number of allylic oxidation sites excluding steroid dienone is 1. The monoisotopic (exact) mass is 893 g/mol. The molecule has 346 valence electrons. The standard InChI is InChI=1S/C40H51N3O20/c1-38-15-13-26(44)20-25(38)10-11-28-29-14-16-40(39(29,2)21-30(45)35(28)38,62-34(47)8-6-18-59-41(50)51)33(46)23-58-37(49)61-31-12-9-24(19-32(31)56-3)36(48)57-17-5-4-7-27(63-43(54)55)22-60-42(52)53/h9,12,19-20,27-30,35,45H,4-8,10-11,13-18,21-23H2,1-3H3/t27?,28?,29?,30-,35+,38-,39-,40-/m0/s1. The summed E-state index contributed by atoms with van der Waals surface area (Å²) in [5, 5.41) is 40.5. The number of carbonyl (C=O) groups excluding carboxylic acids is 5. The predicted molar refractivity (Wildman–Crippen MR) is 208 cm³/mol. The number of carbonyl (C=O) groups is 5. The van der Waals surface area contributed by atoms with Crippen molar-refractivity contribution in [2.24, 2.45) is 28.6 Å². The number of methoxy groups -OCH3 is 1. The molecule has 23 heteroatoms. The Labute approximate surface area is 359 Å². The average molecular weight is 894 g/mol. The Morgan fingerprint density at radius 3 is 2.35 bits per heavy atom. The maximum Gasteiger partial charge on any atom is 0.514 e. The summed E-state index contributed by atoms with van der Waals surface area (Å²) in [6.45, 7) is 1.79. The molecule has 3 fully saturated rings. The number of benzene rings is 1. The van der Waals surface area contributed by atoms with E-state index >= 15 is 0 Å². The van der Waals surface area contributed by atoms with Crippen LogP contribution in [-0.4, -0.2) is 101 Å². The van der Waals surface area contributed by atoms with Crippen molar-refractivity contribution < 1.29 is 82.5 Å². The lowest BCUT2D eigenvalue weighted by molar-refractivity contribution is -0.790. The number of hydrogen-bond acceptors (Lipinski definition) is 20. The van der Waals surface area contributed by atoms with Crippen LogP contribution in [0.15, 0.2) is 29.8 Å². The first-order valence-corrected chi connectivity index (χ1v) is 20.6. The second kappa shape index (κ2) is 20.4. The molecule has 0 radical (unpaired) electrons. The van der Waals surface area contributed by atoms with Gasteiger partial charge in [0, 0.05) is 18.3 Å². The Morgan fingerprint density at radius 2 is 1.65 bits per heavy atom. The number of ether oxygens (including phenoxy) is 5. The van der Waals surface area contributed by atoms with E-state index < -0.39 is 81.0 Å². The molecule has 1 aromatic rings.